The fourth-order valence-electron chi connectivity index (χ4n) is 11.4. The van der Waals surface area contributed by atoms with Crippen molar-refractivity contribution in [1.29, 1.82) is 0 Å². The van der Waals surface area contributed by atoms with E-state index in [9.17, 15) is 87.9 Å². The van der Waals surface area contributed by atoms with Crippen LogP contribution in [0, 0.1) is 0 Å². The zero-order valence-electron chi connectivity index (χ0n) is 60.2. The molecule has 0 bridgehead atoms. The van der Waals surface area contributed by atoms with Crippen molar-refractivity contribution in [3.8, 4) is 39.5 Å². The summed E-state index contributed by atoms with van der Waals surface area (Å²) in [5.41, 5.74) is 18.0. The van der Waals surface area contributed by atoms with Crippen molar-refractivity contribution in [3.63, 3.8) is 0 Å². The van der Waals surface area contributed by atoms with Crippen LogP contribution >= 0.6 is 0 Å². The van der Waals surface area contributed by atoms with Gasteiger partial charge in [0, 0.05) is 44.0 Å². The number of carbonyl (C=O) groups is 13. The highest BCUT2D eigenvalue weighted by molar-refractivity contribution is 6.00. The molecule has 0 saturated heterocycles. The number of primary amides is 1. The van der Waals surface area contributed by atoms with Crippen LogP contribution in [-0.2, 0) is 94.4 Å². The number of amides is 11. The maximum absolute atomic E-state index is 14.6. The van der Waals surface area contributed by atoms with Crippen LogP contribution in [0.15, 0.2) is 128 Å². The summed E-state index contributed by atoms with van der Waals surface area (Å²) < 4.78 is 16.4. The number of carboxylic acids is 2. The van der Waals surface area contributed by atoms with E-state index < -0.39 is 182 Å². The van der Waals surface area contributed by atoms with Gasteiger partial charge in [-0.2, -0.15) is 0 Å². The van der Waals surface area contributed by atoms with E-state index in [1.165, 1.54) is 19.4 Å². The number of aromatic nitrogens is 2. The third-order valence-corrected chi connectivity index (χ3v) is 17.5. The van der Waals surface area contributed by atoms with Crippen molar-refractivity contribution in [2.45, 2.75) is 152 Å². The highest BCUT2D eigenvalue weighted by Gasteiger charge is 2.38. The van der Waals surface area contributed by atoms with Gasteiger partial charge in [-0.1, -0.05) is 97.9 Å². The first-order chi connectivity index (χ1) is 51.9. The van der Waals surface area contributed by atoms with E-state index in [-0.39, 0.29) is 32.5 Å². The largest absolute Gasteiger partial charge is 0.497 e. The van der Waals surface area contributed by atoms with Crippen molar-refractivity contribution in [2.75, 3.05) is 27.1 Å². The summed E-state index contributed by atoms with van der Waals surface area (Å²) in [6.45, 7) is 3.28. The molecule has 1 aromatic heterocycles. The number of aliphatic hydroxyl groups excluding tert-OH is 3. The quantitative estimate of drug-likeness (QED) is 0.0192. The Morgan fingerprint density at radius 1 is 0.541 bits per heavy atom. The molecule has 2 heterocycles. The summed E-state index contributed by atoms with van der Waals surface area (Å²) in [5.74, 6) is -13.4. The number of aryl methyl sites for hydroxylation is 1. The average Bonchev–Trinajstić information content (AvgIpc) is 1.20. The molecule has 0 aliphatic carbocycles. The minimum atomic E-state index is -2.06. The van der Waals surface area contributed by atoms with Crippen LogP contribution in [0.3, 0.4) is 0 Å². The van der Waals surface area contributed by atoms with Gasteiger partial charge in [0.2, 0.25) is 71.8 Å². The lowest BCUT2D eigenvalue weighted by Gasteiger charge is -2.28. The summed E-state index contributed by atoms with van der Waals surface area (Å²) in [7, 11) is 1.55. The number of benzene rings is 5. The van der Waals surface area contributed by atoms with E-state index in [1.54, 1.807) is 98.1 Å². The van der Waals surface area contributed by atoms with Crippen molar-refractivity contribution in [2.24, 2.45) is 11.5 Å². The van der Waals surface area contributed by atoms with Crippen molar-refractivity contribution in [3.05, 3.63) is 156 Å². The van der Waals surface area contributed by atoms with Gasteiger partial charge in [0.1, 0.15) is 60.1 Å². The predicted molar refractivity (Wildman–Crippen MR) is 388 cm³/mol. The number of carbonyl (C=O) groups excluding carboxylic acids is 11. The summed E-state index contributed by atoms with van der Waals surface area (Å²) in [4.78, 5) is 182. The topological polar surface area (TPSA) is 552 Å². The van der Waals surface area contributed by atoms with Gasteiger partial charge in [-0.15, -0.1) is 0 Å². The van der Waals surface area contributed by atoms with Crippen LogP contribution in [0.1, 0.15) is 74.9 Å². The minimum absolute atomic E-state index is 0.0320. The second-order valence-electron chi connectivity index (χ2n) is 25.8. The van der Waals surface area contributed by atoms with Crippen LogP contribution in [0.4, 0.5) is 0 Å². The zero-order valence-corrected chi connectivity index (χ0v) is 60.2. The van der Waals surface area contributed by atoms with Crippen LogP contribution in [0.2, 0.25) is 0 Å². The smallest absolute Gasteiger partial charge is 0.305 e. The molecule has 0 unspecified atom stereocenters. The number of H-pyrrole nitrogens is 1. The molecule has 5 aromatic carbocycles. The van der Waals surface area contributed by atoms with Gasteiger partial charge in [0.05, 0.1) is 51.3 Å². The van der Waals surface area contributed by atoms with Gasteiger partial charge in [0.15, 0.2) is 11.5 Å². The van der Waals surface area contributed by atoms with E-state index in [4.69, 9.17) is 25.7 Å². The van der Waals surface area contributed by atoms with Crippen molar-refractivity contribution >= 4 is 76.9 Å². The Bertz CT molecular complexity index is 4200. The number of rotatable bonds is 41. The number of fused-ring (bicyclic) bond motifs is 1. The number of nitrogens with zero attached hydrogens (tertiary/aromatic N) is 1. The number of aromatic amines is 1. The molecular weight excluding hydrogens is 1420 g/mol. The Kier molecular flexibility index (Phi) is 31.1. The van der Waals surface area contributed by atoms with E-state index in [0.717, 1.165) is 41.7 Å². The molecule has 35 nitrogen and oxygen atoms in total. The zero-order chi connectivity index (χ0) is 79.6. The molecule has 0 fully saturated rings. The Morgan fingerprint density at radius 2 is 1.07 bits per heavy atom. The van der Waals surface area contributed by atoms with Crippen molar-refractivity contribution < 1.29 is 102 Å². The third-order valence-electron chi connectivity index (χ3n) is 17.5. The predicted octanol–water partition coefficient (Wildman–Crippen LogP) is -2.28. The van der Waals surface area contributed by atoms with E-state index in [1.807, 2.05) is 31.2 Å². The molecule has 35 heteroatoms. The number of aliphatic hydroxyl groups is 3. The van der Waals surface area contributed by atoms with Gasteiger partial charge < -0.3 is 109 Å². The normalized spacial score (nSPS) is 14.7. The van der Waals surface area contributed by atoms with Gasteiger partial charge in [0.25, 0.3) is 0 Å². The average molecular weight is 1510 g/mol. The van der Waals surface area contributed by atoms with Crippen LogP contribution in [-0.4, -0.2) is 212 Å². The van der Waals surface area contributed by atoms with Crippen LogP contribution < -0.4 is 78.8 Å². The Labute approximate surface area is 625 Å². The SMILES string of the molecule is CCc1cc(OC)ccc1-c1ccc(C[C@H](NC(=O)[C@H](CC(=O)O)NC(=O)[C@H](CO)NC(=O)[C@@H](NC(=O)[C@H](Cc2ccccc2)NC(=O)[C@@H](NC(=O)CNC(=O)[C@H](CCC(=O)O)NC(=O)[C@H](C)NC(=O)[C@@H](N)Cc2cnc[nH]2)[C@@H](C)O)[C@@H](C)O)C(=O)N[C@@H](Cc2ccc(-c3ccc4c(c3)OCO4)cc2)C(N)=O)cc1. The first-order valence-electron chi connectivity index (χ1n) is 34.7. The highest BCUT2D eigenvalue weighted by Crippen LogP contribution is 2.36. The standard InChI is InChI=1S/C74H90N14O21/c1-6-44-29-49(107-5)21-22-50(44)46-18-14-43(15-19-46)28-54(69(101)82-53(65(76)97)26-42-12-16-45(17-13-42)47-20-24-58-59(30-47)109-37-108-58)83-70(102)56(32-62(95)96)84-72(104)57(35-89)86-74(106)64(40(4)91)88-71(103)55(27-41-10-8-7-9-11-41)85-73(105)63(39(3)90)87-60(92)34-78-68(100)52(23-25-61(93)94)81-66(98)38(2)80-67(99)51(75)31-48-33-77-36-79-48/h7-22,24,29-30,33,36,38-40,51-57,63-64,89-91H,6,23,25-28,31-32,34-35,37,75H2,1-5H3,(H2,76,97)(H,77,79)(H,78,100)(H,80,99)(H,81,98)(H,82,101)(H,83,102)(H,84,104)(H,85,105)(H,86,106)(H,87,92)(H,88,103)(H,93,94)(H,95,96)/t38-,39+,40+,51-,52-,53-,54-,55-,56-,57-,63-,64-/m0/s1. The number of nitrogens with two attached hydrogens (primary N) is 2. The molecule has 0 radical (unpaired) electrons. The number of ether oxygens (including phenoxy) is 3. The molecule has 7 rings (SSSR count). The summed E-state index contributed by atoms with van der Waals surface area (Å²) >= 11 is 0. The Hall–Kier alpha value is -12.3. The number of hydrogen-bond acceptors (Lipinski definition) is 21. The summed E-state index contributed by atoms with van der Waals surface area (Å²) in [6, 6.07) is 16.1. The number of aliphatic carboxylic acids is 2. The number of carboxylic acid groups (broad SMARTS) is 2. The van der Waals surface area contributed by atoms with Crippen molar-refractivity contribution in [1.82, 2.24) is 63.1 Å². The molecule has 12 atom stereocenters. The molecule has 0 saturated carbocycles. The molecule has 582 valence electrons. The maximum atomic E-state index is 14.6. The number of imidazole rings is 1. The second kappa shape index (κ2) is 40.4. The minimum Gasteiger partial charge on any atom is -0.497 e. The third kappa shape index (κ3) is 25.2. The molecule has 20 N–H and O–H groups in total. The molecular formula is C74H90N14O21. The first kappa shape index (κ1) is 83.9. The van der Waals surface area contributed by atoms with Gasteiger partial charge in [-0.05, 0) is 102 Å². The van der Waals surface area contributed by atoms with E-state index in [2.05, 4.69) is 63.1 Å². The number of methoxy groups -OCH3 is 1. The number of hydrogen-bond donors (Lipinski definition) is 18. The van der Waals surface area contributed by atoms with Gasteiger partial charge >= 0.3 is 11.9 Å². The maximum Gasteiger partial charge on any atom is 0.305 e. The fourth-order valence-corrected chi connectivity index (χ4v) is 11.4. The van der Waals surface area contributed by atoms with Crippen LogP contribution in [0.25, 0.3) is 22.3 Å². The fraction of sp³-hybridized carbons (Fsp3) is 0.378. The summed E-state index contributed by atoms with van der Waals surface area (Å²) in [6.07, 6.45) is -3.10. The second-order valence-corrected chi connectivity index (χ2v) is 25.8. The lowest BCUT2D eigenvalue weighted by Crippen LogP contribution is -2.63. The first-order valence-corrected chi connectivity index (χ1v) is 34.7. The van der Waals surface area contributed by atoms with Gasteiger partial charge in [-0.3, -0.25) is 62.3 Å². The lowest BCUT2D eigenvalue weighted by atomic mass is 9.95. The Morgan fingerprint density at radius 3 is 1.65 bits per heavy atom. The highest BCUT2D eigenvalue weighted by atomic mass is 16.7. The summed E-state index contributed by atoms with van der Waals surface area (Å²) in [5, 5.41) is 75.2. The van der Waals surface area contributed by atoms with Gasteiger partial charge in [-0.25, -0.2) is 4.98 Å². The monoisotopic (exact) mass is 1510 g/mol. The molecule has 1 aliphatic heterocycles. The molecule has 109 heavy (non-hydrogen) atoms. The molecule has 11 amide bonds. The van der Waals surface area contributed by atoms with E-state index in [0.29, 0.717) is 46.1 Å². The van der Waals surface area contributed by atoms with E-state index >= 15 is 0 Å². The Balaban J connectivity index is 1.02. The molecule has 0 spiro atoms. The van der Waals surface area contributed by atoms with Crippen LogP contribution in [0.5, 0.6) is 17.2 Å². The lowest BCUT2D eigenvalue weighted by molar-refractivity contribution is -0.142. The molecule has 1 aliphatic rings. The molecule has 6 aromatic rings. The number of nitrogens with one attached hydrogen (secondary N) is 11.